The van der Waals surface area contributed by atoms with Crippen LogP contribution in [0.5, 0.6) is 0 Å². The average molecular weight is 368 g/mol. The molecule has 5 nitrogen and oxygen atoms in total. The van der Waals surface area contributed by atoms with Crippen LogP contribution in [0.25, 0.3) is 0 Å². The Labute approximate surface area is 163 Å². The van der Waals surface area contributed by atoms with Gasteiger partial charge in [0.05, 0.1) is 5.69 Å². The zero-order chi connectivity index (χ0) is 19.3. The lowest BCUT2D eigenvalue weighted by atomic mass is 9.79. The Kier molecular flexibility index (Phi) is 6.19. The molecule has 0 atom stereocenters. The van der Waals surface area contributed by atoms with Crippen LogP contribution in [0.3, 0.4) is 0 Å². The van der Waals surface area contributed by atoms with E-state index in [9.17, 15) is 0 Å². The second-order valence-electron chi connectivity index (χ2n) is 7.73. The first-order valence-corrected chi connectivity index (χ1v) is 10.0. The van der Waals surface area contributed by atoms with Crippen molar-refractivity contribution in [3.05, 3.63) is 52.8 Å². The Hall–Kier alpha value is -2.30. The molecule has 1 aliphatic rings. The standard InChI is InChI=1S/C22H33N5/c1-17-20(18(2)27(4)26-17)12-15-24-21(23-3)25-16-22(13-8-9-14-22)19-10-6-5-7-11-19/h5-7,10-11H,8-9,12-16H2,1-4H3,(H2,23,24,25). The SMILES string of the molecule is CN=C(NCCc1c(C)nn(C)c1C)NCC1(c2ccccc2)CCCC1. The Balaban J connectivity index is 1.57. The summed E-state index contributed by atoms with van der Waals surface area (Å²) in [6, 6.07) is 11.0. The van der Waals surface area contributed by atoms with Crippen LogP contribution in [0, 0.1) is 13.8 Å². The predicted molar refractivity (Wildman–Crippen MR) is 112 cm³/mol. The first kappa shape index (κ1) is 19.5. The molecule has 0 radical (unpaired) electrons. The summed E-state index contributed by atoms with van der Waals surface area (Å²) in [7, 11) is 3.85. The van der Waals surface area contributed by atoms with Gasteiger partial charge in [-0.3, -0.25) is 9.67 Å². The molecule has 2 N–H and O–H groups in total. The lowest BCUT2D eigenvalue weighted by Gasteiger charge is -2.30. The fraction of sp³-hybridized carbons (Fsp3) is 0.545. The zero-order valence-electron chi connectivity index (χ0n) is 17.2. The molecule has 1 aromatic heterocycles. The molecule has 2 aromatic rings. The van der Waals surface area contributed by atoms with Gasteiger partial charge in [-0.25, -0.2) is 0 Å². The van der Waals surface area contributed by atoms with Gasteiger partial charge in [0.15, 0.2) is 5.96 Å². The normalized spacial score (nSPS) is 16.5. The molecule has 0 aliphatic heterocycles. The van der Waals surface area contributed by atoms with E-state index in [4.69, 9.17) is 0 Å². The third-order valence-electron chi connectivity index (χ3n) is 6.09. The summed E-state index contributed by atoms with van der Waals surface area (Å²) in [5.41, 5.74) is 5.37. The molecule has 27 heavy (non-hydrogen) atoms. The minimum Gasteiger partial charge on any atom is -0.356 e. The van der Waals surface area contributed by atoms with Gasteiger partial charge < -0.3 is 10.6 Å². The van der Waals surface area contributed by atoms with Crippen LogP contribution in [0.2, 0.25) is 0 Å². The number of aliphatic imine (C=N–C) groups is 1. The van der Waals surface area contributed by atoms with Gasteiger partial charge in [0, 0.05) is 38.3 Å². The number of rotatable bonds is 6. The molecule has 146 valence electrons. The maximum atomic E-state index is 4.50. The molecule has 1 aromatic carbocycles. The third kappa shape index (κ3) is 4.34. The van der Waals surface area contributed by atoms with E-state index in [1.54, 1.807) is 0 Å². The Bertz CT molecular complexity index is 770. The molecule has 1 fully saturated rings. The van der Waals surface area contributed by atoms with E-state index in [0.717, 1.165) is 31.2 Å². The van der Waals surface area contributed by atoms with E-state index < -0.39 is 0 Å². The summed E-state index contributed by atoms with van der Waals surface area (Å²) in [6.45, 7) is 6.00. The van der Waals surface area contributed by atoms with Crippen molar-refractivity contribution in [2.24, 2.45) is 12.0 Å². The second kappa shape index (κ2) is 8.59. The van der Waals surface area contributed by atoms with Crippen LogP contribution >= 0.6 is 0 Å². The van der Waals surface area contributed by atoms with Gasteiger partial charge in [-0.05, 0) is 44.2 Å². The molecule has 1 saturated carbocycles. The van der Waals surface area contributed by atoms with Crippen LogP contribution < -0.4 is 10.6 Å². The minimum atomic E-state index is 0.232. The maximum absolute atomic E-state index is 4.50. The van der Waals surface area contributed by atoms with Gasteiger partial charge in [-0.2, -0.15) is 5.10 Å². The highest BCUT2D eigenvalue weighted by atomic mass is 15.3. The Morgan fingerprint density at radius 1 is 1.15 bits per heavy atom. The zero-order valence-corrected chi connectivity index (χ0v) is 17.2. The molecule has 0 bridgehead atoms. The van der Waals surface area contributed by atoms with Crippen molar-refractivity contribution in [2.45, 2.75) is 51.4 Å². The van der Waals surface area contributed by atoms with Crippen molar-refractivity contribution < 1.29 is 0 Å². The first-order chi connectivity index (χ1) is 13.1. The highest BCUT2D eigenvalue weighted by Crippen LogP contribution is 2.40. The number of guanidine groups is 1. The molecule has 1 aliphatic carbocycles. The van der Waals surface area contributed by atoms with Crippen molar-refractivity contribution >= 4 is 5.96 Å². The van der Waals surface area contributed by atoms with E-state index in [-0.39, 0.29) is 5.41 Å². The highest BCUT2D eigenvalue weighted by molar-refractivity contribution is 5.79. The van der Waals surface area contributed by atoms with Crippen molar-refractivity contribution in [3.8, 4) is 0 Å². The summed E-state index contributed by atoms with van der Waals surface area (Å²) in [4.78, 5) is 4.43. The van der Waals surface area contributed by atoms with Crippen molar-refractivity contribution in [2.75, 3.05) is 20.1 Å². The van der Waals surface area contributed by atoms with Crippen LogP contribution in [0.4, 0.5) is 0 Å². The van der Waals surface area contributed by atoms with E-state index in [2.05, 4.69) is 64.9 Å². The second-order valence-corrected chi connectivity index (χ2v) is 7.73. The molecular formula is C22H33N5. The number of hydrogen-bond acceptors (Lipinski definition) is 2. The molecule has 3 rings (SSSR count). The molecule has 1 heterocycles. The molecular weight excluding hydrogens is 334 g/mol. The average Bonchev–Trinajstić information content (AvgIpc) is 3.26. The van der Waals surface area contributed by atoms with Crippen molar-refractivity contribution in [1.29, 1.82) is 0 Å². The van der Waals surface area contributed by atoms with Gasteiger partial charge >= 0.3 is 0 Å². The predicted octanol–water partition coefficient (Wildman–Crippen LogP) is 3.26. The van der Waals surface area contributed by atoms with E-state index in [0.29, 0.717) is 0 Å². The Morgan fingerprint density at radius 2 is 1.85 bits per heavy atom. The van der Waals surface area contributed by atoms with Crippen LogP contribution in [0.15, 0.2) is 35.3 Å². The lowest BCUT2D eigenvalue weighted by Crippen LogP contribution is -2.45. The number of aryl methyl sites for hydroxylation is 2. The molecule has 5 heteroatoms. The van der Waals surface area contributed by atoms with Crippen LogP contribution in [-0.4, -0.2) is 35.9 Å². The number of benzene rings is 1. The minimum absolute atomic E-state index is 0.232. The summed E-state index contributed by atoms with van der Waals surface area (Å²) < 4.78 is 1.96. The molecule has 0 amide bonds. The number of hydrogen-bond donors (Lipinski definition) is 2. The van der Waals surface area contributed by atoms with Crippen molar-refractivity contribution in [3.63, 3.8) is 0 Å². The largest absolute Gasteiger partial charge is 0.356 e. The smallest absolute Gasteiger partial charge is 0.191 e. The van der Waals surface area contributed by atoms with Gasteiger partial charge in [-0.15, -0.1) is 0 Å². The maximum Gasteiger partial charge on any atom is 0.191 e. The molecule has 0 unspecified atom stereocenters. The lowest BCUT2D eigenvalue weighted by molar-refractivity contribution is 0.432. The summed E-state index contributed by atoms with van der Waals surface area (Å²) in [6.07, 6.45) is 6.06. The van der Waals surface area contributed by atoms with E-state index in [1.165, 1.54) is 42.5 Å². The van der Waals surface area contributed by atoms with Crippen LogP contribution in [0.1, 0.15) is 48.2 Å². The summed E-state index contributed by atoms with van der Waals surface area (Å²) >= 11 is 0. The van der Waals surface area contributed by atoms with Gasteiger partial charge in [-0.1, -0.05) is 43.2 Å². The highest BCUT2D eigenvalue weighted by Gasteiger charge is 2.35. The Morgan fingerprint density at radius 3 is 2.44 bits per heavy atom. The van der Waals surface area contributed by atoms with E-state index in [1.807, 2.05) is 18.8 Å². The van der Waals surface area contributed by atoms with Gasteiger partial charge in [0.1, 0.15) is 0 Å². The first-order valence-electron chi connectivity index (χ1n) is 10.0. The van der Waals surface area contributed by atoms with Gasteiger partial charge in [0.25, 0.3) is 0 Å². The quantitative estimate of drug-likeness (QED) is 0.609. The monoisotopic (exact) mass is 367 g/mol. The van der Waals surface area contributed by atoms with Gasteiger partial charge in [0.2, 0.25) is 0 Å². The number of nitrogens with zero attached hydrogens (tertiary/aromatic N) is 3. The summed E-state index contributed by atoms with van der Waals surface area (Å²) in [5, 5.41) is 11.6. The molecule has 0 spiro atoms. The third-order valence-corrected chi connectivity index (χ3v) is 6.09. The fourth-order valence-corrected chi connectivity index (χ4v) is 4.37. The van der Waals surface area contributed by atoms with Crippen molar-refractivity contribution in [1.82, 2.24) is 20.4 Å². The summed E-state index contributed by atoms with van der Waals surface area (Å²) in [5.74, 6) is 0.886. The fourth-order valence-electron chi connectivity index (χ4n) is 4.37. The molecule has 0 saturated heterocycles. The van der Waals surface area contributed by atoms with Crippen LogP contribution in [-0.2, 0) is 18.9 Å². The van der Waals surface area contributed by atoms with E-state index >= 15 is 0 Å². The number of nitrogens with one attached hydrogen (secondary N) is 2. The number of aromatic nitrogens is 2. The topological polar surface area (TPSA) is 54.2 Å².